The fraction of sp³-hybridized carbons (Fsp3) is 0.409. The van der Waals surface area contributed by atoms with Crippen LogP contribution in [0.2, 0.25) is 0 Å². The normalized spacial score (nSPS) is 14.4. The van der Waals surface area contributed by atoms with E-state index in [1.807, 2.05) is 13.8 Å². The van der Waals surface area contributed by atoms with Crippen molar-refractivity contribution in [3.05, 3.63) is 46.9 Å². The van der Waals surface area contributed by atoms with Gasteiger partial charge in [0.15, 0.2) is 17.6 Å². The van der Waals surface area contributed by atoms with E-state index in [0.717, 1.165) is 29.7 Å². The van der Waals surface area contributed by atoms with Gasteiger partial charge in [-0.25, -0.2) is 4.79 Å². The zero-order valence-corrected chi connectivity index (χ0v) is 17.6. The minimum atomic E-state index is -0.836. The summed E-state index contributed by atoms with van der Waals surface area (Å²) < 4.78 is 21.5. The highest BCUT2D eigenvalue weighted by Crippen LogP contribution is 2.30. The van der Waals surface area contributed by atoms with Gasteiger partial charge in [0.1, 0.15) is 12.4 Å². The average Bonchev–Trinajstić information content (AvgIpc) is 3.49. The summed E-state index contributed by atoms with van der Waals surface area (Å²) in [4.78, 5) is 23.9. The molecule has 0 radical (unpaired) electrons. The second-order valence-electron chi connectivity index (χ2n) is 7.20. The monoisotopic (exact) mass is 414 g/mol. The molecule has 8 nitrogen and oxygen atoms in total. The minimum absolute atomic E-state index is 0.222. The number of carbonyl (C=O) groups excluding carboxylic acids is 2. The van der Waals surface area contributed by atoms with Gasteiger partial charge < -0.3 is 24.1 Å². The molecule has 1 aromatic carbocycles. The van der Waals surface area contributed by atoms with E-state index >= 15 is 0 Å². The predicted octanol–water partition coefficient (Wildman–Crippen LogP) is 3.10. The van der Waals surface area contributed by atoms with Crippen LogP contribution in [0.15, 0.2) is 28.8 Å². The number of benzene rings is 1. The molecule has 1 heterocycles. The lowest BCUT2D eigenvalue weighted by Crippen LogP contribution is -2.36. The SMILES string of the molecule is COc1cc(/C=C/C(=O)O[C@H](C)C(=O)NC2CC2)ccc1OCc1c(C)noc1C. The summed E-state index contributed by atoms with van der Waals surface area (Å²) in [6.45, 7) is 5.55. The van der Waals surface area contributed by atoms with Crippen LogP contribution in [-0.2, 0) is 20.9 Å². The van der Waals surface area contributed by atoms with E-state index in [1.54, 1.807) is 38.3 Å². The van der Waals surface area contributed by atoms with Crippen molar-refractivity contribution in [1.29, 1.82) is 0 Å². The number of methoxy groups -OCH3 is 1. The van der Waals surface area contributed by atoms with Crippen LogP contribution < -0.4 is 14.8 Å². The molecule has 3 rings (SSSR count). The van der Waals surface area contributed by atoms with Gasteiger partial charge in [-0.3, -0.25) is 4.79 Å². The number of amides is 1. The number of rotatable bonds is 9. The smallest absolute Gasteiger partial charge is 0.331 e. The molecule has 0 unspecified atom stereocenters. The van der Waals surface area contributed by atoms with Crippen molar-refractivity contribution in [3.8, 4) is 11.5 Å². The summed E-state index contributed by atoms with van der Waals surface area (Å²) in [5.74, 6) is 0.925. The molecule has 0 bridgehead atoms. The average molecular weight is 414 g/mol. The van der Waals surface area contributed by atoms with Crippen molar-refractivity contribution in [2.75, 3.05) is 7.11 Å². The quantitative estimate of drug-likeness (QED) is 0.497. The molecule has 1 fully saturated rings. The first-order valence-corrected chi connectivity index (χ1v) is 9.79. The molecule has 2 aromatic rings. The molecule has 0 aliphatic heterocycles. The molecule has 1 atom stereocenters. The van der Waals surface area contributed by atoms with Gasteiger partial charge in [-0.15, -0.1) is 0 Å². The number of aromatic nitrogens is 1. The highest BCUT2D eigenvalue weighted by Gasteiger charge is 2.26. The molecule has 160 valence electrons. The second-order valence-corrected chi connectivity index (χ2v) is 7.20. The molecule has 1 aromatic heterocycles. The molecule has 1 aliphatic rings. The molecule has 0 spiro atoms. The first kappa shape index (κ1) is 21.4. The van der Waals surface area contributed by atoms with E-state index in [-0.39, 0.29) is 11.9 Å². The molecule has 1 N–H and O–H groups in total. The van der Waals surface area contributed by atoms with Crippen LogP contribution in [0.1, 0.15) is 42.3 Å². The second kappa shape index (κ2) is 9.47. The largest absolute Gasteiger partial charge is 0.493 e. The van der Waals surface area contributed by atoms with Gasteiger partial charge in [-0.05, 0) is 57.4 Å². The van der Waals surface area contributed by atoms with Gasteiger partial charge in [0.2, 0.25) is 0 Å². The van der Waals surface area contributed by atoms with E-state index in [1.165, 1.54) is 6.08 Å². The summed E-state index contributed by atoms with van der Waals surface area (Å²) in [6, 6.07) is 5.52. The van der Waals surface area contributed by atoms with E-state index in [4.69, 9.17) is 18.7 Å². The topological polar surface area (TPSA) is 99.9 Å². The summed E-state index contributed by atoms with van der Waals surface area (Å²) in [5, 5.41) is 6.71. The lowest BCUT2D eigenvalue weighted by atomic mass is 10.2. The van der Waals surface area contributed by atoms with E-state index < -0.39 is 12.1 Å². The fourth-order valence-corrected chi connectivity index (χ4v) is 2.74. The molecule has 8 heteroatoms. The Labute approximate surface area is 175 Å². The van der Waals surface area contributed by atoms with Crippen LogP contribution in [-0.4, -0.2) is 36.3 Å². The van der Waals surface area contributed by atoms with Gasteiger partial charge in [0, 0.05) is 12.1 Å². The summed E-state index contributed by atoms with van der Waals surface area (Å²) in [7, 11) is 1.54. The predicted molar refractivity (Wildman–Crippen MR) is 109 cm³/mol. The number of aryl methyl sites for hydroxylation is 2. The van der Waals surface area contributed by atoms with Crippen LogP contribution in [0, 0.1) is 13.8 Å². The van der Waals surface area contributed by atoms with Crippen molar-refractivity contribution < 1.29 is 28.3 Å². The Morgan fingerprint density at radius 3 is 2.70 bits per heavy atom. The molecule has 1 saturated carbocycles. The maximum Gasteiger partial charge on any atom is 0.331 e. The minimum Gasteiger partial charge on any atom is -0.493 e. The van der Waals surface area contributed by atoms with Gasteiger partial charge in [-0.1, -0.05) is 11.2 Å². The Morgan fingerprint density at radius 2 is 2.07 bits per heavy atom. The molecular formula is C22H26N2O6. The van der Waals surface area contributed by atoms with E-state index in [0.29, 0.717) is 23.9 Å². The van der Waals surface area contributed by atoms with Crippen molar-refractivity contribution in [2.45, 2.75) is 52.4 Å². The molecule has 0 saturated heterocycles. The summed E-state index contributed by atoms with van der Waals surface area (Å²) in [5.41, 5.74) is 2.40. The third-order valence-corrected chi connectivity index (χ3v) is 4.74. The Morgan fingerprint density at radius 1 is 1.30 bits per heavy atom. The zero-order valence-electron chi connectivity index (χ0n) is 17.6. The first-order chi connectivity index (χ1) is 14.4. The van der Waals surface area contributed by atoms with Crippen LogP contribution in [0.25, 0.3) is 6.08 Å². The number of nitrogens with one attached hydrogen (secondary N) is 1. The number of hydrogen-bond donors (Lipinski definition) is 1. The highest BCUT2D eigenvalue weighted by atomic mass is 16.5. The Kier molecular flexibility index (Phi) is 6.76. The summed E-state index contributed by atoms with van der Waals surface area (Å²) in [6.07, 6.45) is 3.99. The zero-order chi connectivity index (χ0) is 21.7. The van der Waals surface area contributed by atoms with Crippen LogP contribution in [0.4, 0.5) is 0 Å². The molecule has 1 amide bonds. The Bertz CT molecular complexity index is 926. The van der Waals surface area contributed by atoms with Gasteiger partial charge in [0.05, 0.1) is 18.4 Å². The number of hydrogen-bond acceptors (Lipinski definition) is 7. The van der Waals surface area contributed by atoms with Crippen LogP contribution in [0.3, 0.4) is 0 Å². The standard InChI is InChI=1S/C22H26N2O6/c1-13-18(14(2)30-24-13)12-28-19-9-5-16(11-20(19)27-4)6-10-21(25)29-15(3)22(26)23-17-7-8-17/h5-6,9-11,15,17H,7-8,12H2,1-4H3,(H,23,26)/b10-6+/t15-/m1/s1. The van der Waals surface area contributed by atoms with Crippen LogP contribution in [0.5, 0.6) is 11.5 Å². The number of esters is 1. The van der Waals surface area contributed by atoms with Gasteiger partial charge in [0.25, 0.3) is 5.91 Å². The highest BCUT2D eigenvalue weighted by molar-refractivity contribution is 5.90. The molecule has 30 heavy (non-hydrogen) atoms. The fourth-order valence-electron chi connectivity index (χ4n) is 2.74. The third-order valence-electron chi connectivity index (χ3n) is 4.74. The Hall–Kier alpha value is -3.29. The summed E-state index contributed by atoms with van der Waals surface area (Å²) >= 11 is 0. The maximum atomic E-state index is 12.0. The molecular weight excluding hydrogens is 388 g/mol. The lowest BCUT2D eigenvalue weighted by molar-refractivity contribution is -0.150. The van der Waals surface area contributed by atoms with Crippen molar-refractivity contribution in [2.24, 2.45) is 0 Å². The first-order valence-electron chi connectivity index (χ1n) is 9.79. The maximum absolute atomic E-state index is 12.0. The van der Waals surface area contributed by atoms with Crippen molar-refractivity contribution in [3.63, 3.8) is 0 Å². The van der Waals surface area contributed by atoms with E-state index in [2.05, 4.69) is 10.5 Å². The van der Waals surface area contributed by atoms with Crippen LogP contribution >= 0.6 is 0 Å². The number of nitrogens with zero attached hydrogens (tertiary/aromatic N) is 1. The number of carbonyl (C=O) groups is 2. The van der Waals surface area contributed by atoms with Gasteiger partial charge >= 0.3 is 5.97 Å². The van der Waals surface area contributed by atoms with Crippen molar-refractivity contribution in [1.82, 2.24) is 10.5 Å². The third kappa shape index (κ3) is 5.62. The molecule has 1 aliphatic carbocycles. The van der Waals surface area contributed by atoms with Crippen molar-refractivity contribution >= 4 is 18.0 Å². The van der Waals surface area contributed by atoms with Gasteiger partial charge in [-0.2, -0.15) is 0 Å². The lowest BCUT2D eigenvalue weighted by Gasteiger charge is -2.12. The Balaban J connectivity index is 1.58. The number of ether oxygens (including phenoxy) is 3. The van der Waals surface area contributed by atoms with E-state index in [9.17, 15) is 9.59 Å².